The molecule has 0 saturated heterocycles. The van der Waals surface area contributed by atoms with E-state index in [4.69, 9.17) is 17.1 Å². The molecule has 2 aliphatic heterocycles. The predicted octanol–water partition coefficient (Wildman–Crippen LogP) is 27.4. The van der Waals surface area contributed by atoms with Crippen LogP contribution in [-0.2, 0) is 21.7 Å². The van der Waals surface area contributed by atoms with Crippen LogP contribution in [0.4, 0.5) is 34.1 Å². The van der Waals surface area contributed by atoms with E-state index >= 15 is 0 Å². The van der Waals surface area contributed by atoms with Crippen LogP contribution in [0.25, 0.3) is 149 Å². The lowest BCUT2D eigenvalue weighted by atomic mass is 9.33. The van der Waals surface area contributed by atoms with E-state index in [9.17, 15) is 24.7 Å². The second-order valence-corrected chi connectivity index (χ2v) is 34.3. The number of hydrogen-bond acceptors (Lipinski definition) is 4. The van der Waals surface area contributed by atoms with Crippen LogP contribution in [0.3, 0.4) is 0 Å². The van der Waals surface area contributed by atoms with Crippen molar-refractivity contribution in [3.63, 3.8) is 0 Å². The van der Waals surface area contributed by atoms with Crippen molar-refractivity contribution in [2.24, 2.45) is 0 Å². The summed E-state index contributed by atoms with van der Waals surface area (Å²) in [5.41, 5.74) is 11.2. The fourth-order valence-electron chi connectivity index (χ4n) is 17.6. The number of fused-ring (bicyclic) bond motifs is 19. The Balaban J connectivity index is 0.930. The monoisotopic (exact) mass is 1500 g/mol. The first kappa shape index (κ1) is 47.4. The van der Waals surface area contributed by atoms with Gasteiger partial charge in [0.25, 0.3) is 6.71 Å². The summed E-state index contributed by atoms with van der Waals surface area (Å²) in [5.74, 6) is 0. The van der Waals surface area contributed by atoms with Crippen molar-refractivity contribution in [1.29, 1.82) is 0 Å². The SMILES string of the molecule is [2H]c1c([2H])c([2H])c2c(c1[2H])c1c([2H])c([2H])c([2H])c([2H])c1n2-c1cc2c3c(c1)N(c1cccc4c1oc1c(-n5c6c([2H])c([2H])c([2H])c([2H])c6c6c([2H])c([2H])c([2H])c([2H])c65)cccc14)c1cc(-c4cc(C(C)(C)C)cc(C(C)(C)C)c4)ccc1B3c1cc(-c3cc(C(C)(C)C)cc(C(C)(C)C)c3)ccc1N2c1cccc2c1oc1c(-n3c4c([2H])c([2H])c([2H])c([2H])c4c4c([2H])c([2H])c([2H])c([2H])c43)cccc12. The zero-order valence-corrected chi connectivity index (χ0v) is 64.6. The lowest BCUT2D eigenvalue weighted by molar-refractivity contribution is 0.568. The van der Waals surface area contributed by atoms with Crippen LogP contribution in [0.1, 0.15) is 138 Å². The van der Waals surface area contributed by atoms with Crippen LogP contribution in [-0.4, -0.2) is 20.4 Å². The number of furan rings is 2. The molecule has 2 aliphatic rings. The van der Waals surface area contributed by atoms with E-state index in [1.165, 1.54) is 13.7 Å². The van der Waals surface area contributed by atoms with Crippen LogP contribution in [0.15, 0.2) is 312 Å². The van der Waals surface area contributed by atoms with Gasteiger partial charge in [0.05, 0.1) is 94.4 Å². The zero-order chi connectivity index (χ0) is 98.2. The van der Waals surface area contributed by atoms with Gasteiger partial charge in [-0.25, -0.2) is 0 Å². The Hall–Kier alpha value is -13.0. The number of nitrogens with zero attached hydrogens (tertiary/aromatic N) is 5. The Morgan fingerprint density at radius 1 is 0.254 bits per heavy atom. The standard InChI is InChI=1S/C106H86BN5O2/c1-103(2,3)67-53-65(54-68(59-67)104(4,5)6)63-50-52-90-83(57-63)107-82-51-49-64(66-55-69(105(7,8)9)60-70(56-66)106(10,11)12)58-95(82)112(94-48-28-38-81-79-36-26-46-92(100(79)114-102(81)94)110-88-43-23-17-33-76(88)77-34-18-24-44-89(77)110)97-62-71(108-84-39-19-13-29-72(84)73-30-14-20-40-85(73)108)61-96(98(97)107)111(90)93-47-27-37-80-78-35-25-45-91(99(78)113-101(80)93)109-86-41-21-15-31-74(86)75-32-16-22-42-87(75)109/h13-62H,1-12H3/i13D,14D,15D,16D,17D,18D,19D,20D,21D,22D,23D,24D,29D,30D,31D,32D,33D,34D,39D,40D,41D,42D,43D,44D. The minimum absolute atomic E-state index is 0.118. The summed E-state index contributed by atoms with van der Waals surface area (Å²) in [6, 6.07) is 37.5. The molecule has 0 aliphatic carbocycles. The number of benzene rings is 15. The third-order valence-corrected chi connectivity index (χ3v) is 23.3. The van der Waals surface area contributed by atoms with Crippen molar-refractivity contribution in [2.75, 3.05) is 9.80 Å². The van der Waals surface area contributed by atoms with E-state index in [-0.39, 0.29) is 126 Å². The van der Waals surface area contributed by atoms with E-state index in [2.05, 4.69) is 161 Å². The van der Waals surface area contributed by atoms with Crippen molar-refractivity contribution in [1.82, 2.24) is 13.7 Å². The van der Waals surface area contributed by atoms with E-state index < -0.39 is 152 Å². The van der Waals surface area contributed by atoms with Gasteiger partial charge in [-0.2, -0.15) is 0 Å². The molecular weight excluding hydrogens is 1390 g/mol. The lowest BCUT2D eigenvalue weighted by Gasteiger charge is -2.44. The maximum atomic E-state index is 10.2. The fourth-order valence-corrected chi connectivity index (χ4v) is 17.6. The van der Waals surface area contributed by atoms with Crippen LogP contribution in [0.5, 0.6) is 0 Å². The van der Waals surface area contributed by atoms with Crippen LogP contribution in [0.2, 0.25) is 0 Å². The van der Waals surface area contributed by atoms with Gasteiger partial charge in [-0.3, -0.25) is 0 Å². The first-order valence-electron chi connectivity index (χ1n) is 50.4. The van der Waals surface area contributed by atoms with Crippen LogP contribution < -0.4 is 26.2 Å². The smallest absolute Gasteiger partial charge is 0.252 e. The Morgan fingerprint density at radius 2 is 0.570 bits per heavy atom. The zero-order valence-electron chi connectivity index (χ0n) is 88.6. The average Bonchev–Trinajstić information content (AvgIpc) is 1.40. The lowest BCUT2D eigenvalue weighted by Crippen LogP contribution is -2.61. The third-order valence-electron chi connectivity index (χ3n) is 23.3. The first-order valence-corrected chi connectivity index (χ1v) is 38.4. The molecule has 0 fully saturated rings. The number of para-hydroxylation sites is 10. The molecule has 20 aromatic rings. The van der Waals surface area contributed by atoms with Gasteiger partial charge in [-0.15, -0.1) is 0 Å². The van der Waals surface area contributed by atoms with Gasteiger partial charge in [0.15, 0.2) is 22.3 Å². The predicted molar refractivity (Wildman–Crippen MR) is 484 cm³/mol. The molecule has 22 rings (SSSR count). The van der Waals surface area contributed by atoms with Crippen molar-refractivity contribution >= 4 is 167 Å². The summed E-state index contributed by atoms with van der Waals surface area (Å²) in [6.07, 6.45) is 0. The highest BCUT2D eigenvalue weighted by atomic mass is 16.3. The Labute approximate surface area is 697 Å². The molecule has 0 bridgehead atoms. The maximum absolute atomic E-state index is 10.2. The Kier molecular flexibility index (Phi) is 10.1. The number of hydrogen-bond donors (Lipinski definition) is 0. The minimum atomic E-state index is -0.839. The fraction of sp³-hybridized carbons (Fsp3) is 0.151. The summed E-state index contributed by atoms with van der Waals surface area (Å²) in [7, 11) is 0. The Morgan fingerprint density at radius 3 is 0.939 bits per heavy atom. The van der Waals surface area contributed by atoms with Crippen molar-refractivity contribution in [2.45, 2.75) is 105 Å². The molecule has 5 aromatic heterocycles. The highest BCUT2D eigenvalue weighted by molar-refractivity contribution is 7.00. The van der Waals surface area contributed by atoms with Gasteiger partial charge in [0, 0.05) is 76.6 Å². The van der Waals surface area contributed by atoms with Gasteiger partial charge >= 0.3 is 0 Å². The van der Waals surface area contributed by atoms with Crippen molar-refractivity contribution in [3.05, 3.63) is 325 Å². The second-order valence-electron chi connectivity index (χ2n) is 34.3. The van der Waals surface area contributed by atoms with E-state index in [1.807, 2.05) is 65.6 Å². The summed E-state index contributed by atoms with van der Waals surface area (Å²) in [4.78, 5) is 4.12. The molecule has 0 unspecified atom stereocenters. The van der Waals surface area contributed by atoms with Gasteiger partial charge in [0.1, 0.15) is 0 Å². The topological polar surface area (TPSA) is 47.6 Å². The largest absolute Gasteiger partial charge is 0.452 e. The van der Waals surface area contributed by atoms with Gasteiger partial charge in [0.2, 0.25) is 0 Å². The minimum Gasteiger partial charge on any atom is -0.452 e. The number of aromatic nitrogens is 3. The van der Waals surface area contributed by atoms with E-state index in [0.717, 1.165) is 55.4 Å². The average molecular weight is 1500 g/mol. The normalized spacial score (nSPS) is 16.3. The number of anilines is 6. The van der Waals surface area contributed by atoms with Crippen molar-refractivity contribution in [3.8, 4) is 39.3 Å². The van der Waals surface area contributed by atoms with Gasteiger partial charge in [-0.1, -0.05) is 301 Å². The quantitative estimate of drug-likeness (QED) is 0.149. The van der Waals surface area contributed by atoms with E-state index in [0.29, 0.717) is 61.1 Å². The van der Waals surface area contributed by atoms with Crippen LogP contribution in [0, 0.1) is 0 Å². The molecule has 15 aromatic carbocycles. The maximum Gasteiger partial charge on any atom is 0.252 e. The summed E-state index contributed by atoms with van der Waals surface area (Å²) in [5, 5.41) is 0.971. The van der Waals surface area contributed by atoms with E-state index in [1.54, 1.807) is 24.3 Å². The highest BCUT2D eigenvalue weighted by Crippen LogP contribution is 2.53. The summed E-state index contributed by atoms with van der Waals surface area (Å²) >= 11 is 0. The molecule has 0 saturated carbocycles. The second kappa shape index (κ2) is 24.2. The molecule has 0 N–H and O–H groups in total. The van der Waals surface area contributed by atoms with Gasteiger partial charge < -0.3 is 32.3 Å². The van der Waals surface area contributed by atoms with Crippen LogP contribution >= 0.6 is 0 Å². The first-order chi connectivity index (χ1) is 65.0. The molecule has 0 spiro atoms. The molecule has 0 atom stereocenters. The highest BCUT2D eigenvalue weighted by Gasteiger charge is 2.46. The molecule has 550 valence electrons. The number of rotatable bonds is 7. The molecule has 0 amide bonds. The summed E-state index contributed by atoms with van der Waals surface area (Å²) in [6.45, 7) is 25.3. The molecule has 7 heterocycles. The third kappa shape index (κ3) is 10.1. The molecule has 0 radical (unpaired) electrons. The Bertz CT molecular complexity index is 8750. The molecule has 7 nitrogen and oxygen atoms in total. The van der Waals surface area contributed by atoms with Gasteiger partial charge in [-0.05, 0) is 167 Å². The molecule has 8 heteroatoms. The molecular formula is C106H86BN5O2. The summed E-state index contributed by atoms with van der Waals surface area (Å²) < 4.78 is 247. The molecule has 114 heavy (non-hydrogen) atoms. The van der Waals surface area contributed by atoms with Crippen molar-refractivity contribution < 1.29 is 41.7 Å².